The topological polar surface area (TPSA) is 12.0 Å². The second-order valence-electron chi connectivity index (χ2n) is 4.15. The molecule has 3 heteroatoms. The third-order valence-corrected chi connectivity index (χ3v) is 3.57. The first kappa shape index (κ1) is 13.0. The van der Waals surface area contributed by atoms with E-state index in [1.165, 1.54) is 22.6 Å². The molecule has 0 fully saturated rings. The van der Waals surface area contributed by atoms with Gasteiger partial charge in [-0.05, 0) is 49.1 Å². The summed E-state index contributed by atoms with van der Waals surface area (Å²) < 4.78 is 13.1. The molecule has 94 valence electrons. The van der Waals surface area contributed by atoms with Crippen molar-refractivity contribution < 1.29 is 4.39 Å². The molecule has 1 atom stereocenters. The molecule has 2 aromatic carbocycles. The predicted molar refractivity (Wildman–Crippen MR) is 76.7 cm³/mol. The number of anilines is 1. The van der Waals surface area contributed by atoms with E-state index in [0.717, 1.165) is 5.69 Å². The van der Waals surface area contributed by atoms with Gasteiger partial charge in [0.15, 0.2) is 0 Å². The van der Waals surface area contributed by atoms with Gasteiger partial charge in [0, 0.05) is 16.6 Å². The Hall–Kier alpha value is -1.48. The van der Waals surface area contributed by atoms with E-state index >= 15 is 0 Å². The summed E-state index contributed by atoms with van der Waals surface area (Å²) in [5, 5.41) is 3.29. The molecule has 0 bridgehead atoms. The average molecular weight is 261 g/mol. The zero-order valence-electron chi connectivity index (χ0n) is 10.5. The summed E-state index contributed by atoms with van der Waals surface area (Å²) in [4.78, 5) is 1.25. The third-order valence-electron chi connectivity index (χ3n) is 2.82. The monoisotopic (exact) mass is 261 g/mol. The van der Waals surface area contributed by atoms with E-state index in [1.54, 1.807) is 17.8 Å². The van der Waals surface area contributed by atoms with E-state index < -0.39 is 0 Å². The molecule has 1 nitrogen and oxygen atoms in total. The van der Waals surface area contributed by atoms with Gasteiger partial charge in [0.05, 0.1) is 0 Å². The van der Waals surface area contributed by atoms with Gasteiger partial charge in [-0.25, -0.2) is 4.39 Å². The Kier molecular flexibility index (Phi) is 4.26. The fraction of sp³-hybridized carbons (Fsp3) is 0.200. The summed E-state index contributed by atoms with van der Waals surface area (Å²) in [7, 11) is 0. The molecule has 0 saturated carbocycles. The molecule has 2 rings (SSSR count). The fourth-order valence-electron chi connectivity index (χ4n) is 1.80. The summed E-state index contributed by atoms with van der Waals surface area (Å²) in [6.07, 6.45) is 2.06. The summed E-state index contributed by atoms with van der Waals surface area (Å²) in [5.41, 5.74) is 1.99. The summed E-state index contributed by atoms with van der Waals surface area (Å²) >= 11 is 1.73. The maximum atomic E-state index is 13.1. The lowest BCUT2D eigenvalue weighted by Crippen LogP contribution is -2.06. The molecule has 0 aliphatic rings. The lowest BCUT2D eigenvalue weighted by atomic mass is 10.1. The van der Waals surface area contributed by atoms with Crippen LogP contribution in [0.3, 0.4) is 0 Å². The lowest BCUT2D eigenvalue weighted by molar-refractivity contribution is 0.628. The van der Waals surface area contributed by atoms with Gasteiger partial charge in [-0.15, -0.1) is 11.8 Å². The molecular weight excluding hydrogens is 245 g/mol. The smallest absolute Gasteiger partial charge is 0.125 e. The van der Waals surface area contributed by atoms with Crippen LogP contribution in [0.1, 0.15) is 18.5 Å². The van der Waals surface area contributed by atoms with Crippen LogP contribution in [0.15, 0.2) is 53.4 Å². The van der Waals surface area contributed by atoms with E-state index in [4.69, 9.17) is 0 Å². The van der Waals surface area contributed by atoms with Crippen molar-refractivity contribution >= 4 is 17.4 Å². The Morgan fingerprint density at radius 3 is 2.44 bits per heavy atom. The zero-order valence-corrected chi connectivity index (χ0v) is 11.3. The largest absolute Gasteiger partial charge is 0.378 e. The summed E-state index contributed by atoms with van der Waals surface area (Å²) in [6, 6.07) is 15.1. The van der Waals surface area contributed by atoms with Crippen molar-refractivity contribution in [3.05, 3.63) is 59.9 Å². The Bertz CT molecular complexity index is 510. The van der Waals surface area contributed by atoms with Crippen molar-refractivity contribution in [2.24, 2.45) is 0 Å². The van der Waals surface area contributed by atoms with E-state index in [0.29, 0.717) is 0 Å². The van der Waals surface area contributed by atoms with Crippen molar-refractivity contribution in [1.29, 1.82) is 0 Å². The predicted octanol–water partition coefficient (Wildman–Crippen LogP) is 4.72. The molecule has 18 heavy (non-hydrogen) atoms. The molecule has 0 saturated heterocycles. The molecule has 0 aliphatic heterocycles. The molecule has 0 aromatic heterocycles. The summed E-state index contributed by atoms with van der Waals surface area (Å²) in [6.45, 7) is 2.07. The van der Waals surface area contributed by atoms with Gasteiger partial charge >= 0.3 is 0 Å². The highest BCUT2D eigenvalue weighted by Gasteiger charge is 2.05. The quantitative estimate of drug-likeness (QED) is 0.799. The Morgan fingerprint density at radius 2 is 1.83 bits per heavy atom. The average Bonchev–Trinajstić information content (AvgIpc) is 2.39. The highest BCUT2D eigenvalue weighted by molar-refractivity contribution is 7.98. The van der Waals surface area contributed by atoms with E-state index in [2.05, 4.69) is 42.8 Å². The zero-order chi connectivity index (χ0) is 13.0. The minimum absolute atomic E-state index is 0.155. The number of hydrogen-bond donors (Lipinski definition) is 1. The second-order valence-corrected chi connectivity index (χ2v) is 5.03. The number of benzene rings is 2. The van der Waals surface area contributed by atoms with Crippen LogP contribution in [-0.2, 0) is 0 Å². The lowest BCUT2D eigenvalue weighted by Gasteiger charge is -2.16. The van der Waals surface area contributed by atoms with Crippen LogP contribution in [-0.4, -0.2) is 6.26 Å². The van der Waals surface area contributed by atoms with Gasteiger partial charge in [0.2, 0.25) is 0 Å². The van der Waals surface area contributed by atoms with Crippen molar-refractivity contribution in [3.8, 4) is 0 Å². The maximum absolute atomic E-state index is 13.1. The Labute approximate surface area is 111 Å². The van der Waals surface area contributed by atoms with Crippen LogP contribution in [0, 0.1) is 5.82 Å². The standard InChI is InChI=1S/C15H16FNS/c1-11(12-6-8-15(18-2)9-7-12)17-14-5-3-4-13(16)10-14/h3-11,17H,1-2H3. The maximum Gasteiger partial charge on any atom is 0.125 e. The molecular formula is C15H16FNS. The summed E-state index contributed by atoms with van der Waals surface area (Å²) in [5.74, 6) is -0.218. The molecule has 0 spiro atoms. The van der Waals surface area contributed by atoms with Gasteiger partial charge in [-0.1, -0.05) is 18.2 Å². The van der Waals surface area contributed by atoms with Crippen molar-refractivity contribution in [2.75, 3.05) is 11.6 Å². The first-order chi connectivity index (χ1) is 8.69. The molecule has 0 aliphatic carbocycles. The number of rotatable bonds is 4. The van der Waals surface area contributed by atoms with Crippen molar-refractivity contribution in [3.63, 3.8) is 0 Å². The van der Waals surface area contributed by atoms with Gasteiger partial charge in [0.1, 0.15) is 5.82 Å². The second kappa shape index (κ2) is 5.91. The van der Waals surface area contributed by atoms with Gasteiger partial charge < -0.3 is 5.32 Å². The molecule has 1 N–H and O–H groups in total. The number of thioether (sulfide) groups is 1. The number of nitrogens with one attached hydrogen (secondary N) is 1. The molecule has 0 heterocycles. The number of hydrogen-bond acceptors (Lipinski definition) is 2. The van der Waals surface area contributed by atoms with Crippen LogP contribution >= 0.6 is 11.8 Å². The van der Waals surface area contributed by atoms with Crippen molar-refractivity contribution in [1.82, 2.24) is 0 Å². The van der Waals surface area contributed by atoms with Gasteiger partial charge in [0.25, 0.3) is 0 Å². The Balaban J connectivity index is 2.09. The molecule has 1 unspecified atom stereocenters. The van der Waals surface area contributed by atoms with Crippen LogP contribution in [0.5, 0.6) is 0 Å². The molecule has 0 radical (unpaired) electrons. The number of halogens is 1. The SMILES string of the molecule is CSc1ccc(C(C)Nc2cccc(F)c2)cc1. The van der Waals surface area contributed by atoms with Crippen LogP contribution in [0.25, 0.3) is 0 Å². The van der Waals surface area contributed by atoms with E-state index in [-0.39, 0.29) is 11.9 Å². The fourth-order valence-corrected chi connectivity index (χ4v) is 2.21. The minimum Gasteiger partial charge on any atom is -0.378 e. The molecule has 2 aromatic rings. The normalized spacial score (nSPS) is 12.2. The van der Waals surface area contributed by atoms with Gasteiger partial charge in [-0.3, -0.25) is 0 Å². The molecule has 0 amide bonds. The van der Waals surface area contributed by atoms with E-state index in [1.807, 2.05) is 6.07 Å². The highest BCUT2D eigenvalue weighted by atomic mass is 32.2. The van der Waals surface area contributed by atoms with Crippen LogP contribution in [0.4, 0.5) is 10.1 Å². The minimum atomic E-state index is -0.218. The first-order valence-corrected chi connectivity index (χ1v) is 7.07. The van der Waals surface area contributed by atoms with Crippen LogP contribution < -0.4 is 5.32 Å². The third kappa shape index (κ3) is 3.26. The van der Waals surface area contributed by atoms with Crippen molar-refractivity contribution in [2.45, 2.75) is 17.9 Å². The van der Waals surface area contributed by atoms with Crippen LogP contribution in [0.2, 0.25) is 0 Å². The highest BCUT2D eigenvalue weighted by Crippen LogP contribution is 2.22. The first-order valence-electron chi connectivity index (χ1n) is 5.85. The Morgan fingerprint density at radius 1 is 1.11 bits per heavy atom. The van der Waals surface area contributed by atoms with E-state index in [9.17, 15) is 4.39 Å². The van der Waals surface area contributed by atoms with Gasteiger partial charge in [-0.2, -0.15) is 0 Å².